The molecule has 6 heteroatoms. The summed E-state index contributed by atoms with van der Waals surface area (Å²) < 4.78 is 7.16. The zero-order valence-electron chi connectivity index (χ0n) is 13.1. The second kappa shape index (κ2) is 6.58. The third-order valence-electron chi connectivity index (χ3n) is 4.30. The molecule has 0 radical (unpaired) electrons. The van der Waals surface area contributed by atoms with Gasteiger partial charge in [0.2, 0.25) is 0 Å². The van der Waals surface area contributed by atoms with Crippen LogP contribution in [0.1, 0.15) is 32.4 Å². The Balaban J connectivity index is 2.03. The van der Waals surface area contributed by atoms with Gasteiger partial charge in [0.25, 0.3) is 5.91 Å². The maximum atomic E-state index is 12.6. The molecule has 2 rings (SSSR count). The quantitative estimate of drug-likeness (QED) is 0.881. The molecule has 1 N–H and O–H groups in total. The molecule has 118 valence electrons. The average Bonchev–Trinajstić information content (AvgIpc) is 2.94. The zero-order chi connectivity index (χ0) is 15.5. The van der Waals surface area contributed by atoms with Crippen molar-refractivity contribution < 1.29 is 14.6 Å². The molecular weight excluding hydrogens is 270 g/mol. The van der Waals surface area contributed by atoms with Crippen molar-refractivity contribution in [1.82, 2.24) is 14.7 Å². The van der Waals surface area contributed by atoms with Crippen LogP contribution in [-0.2, 0) is 22.6 Å². The molecule has 0 unspecified atom stereocenters. The number of aromatic nitrogens is 2. The minimum Gasteiger partial charge on any atom is -0.381 e. The molecule has 1 aromatic rings. The number of hydrogen-bond donors (Lipinski definition) is 1. The number of carbonyl (C=O) groups is 1. The zero-order valence-corrected chi connectivity index (χ0v) is 13.1. The van der Waals surface area contributed by atoms with Gasteiger partial charge in [-0.3, -0.25) is 9.48 Å². The summed E-state index contributed by atoms with van der Waals surface area (Å²) in [4.78, 5) is 14.2. The van der Waals surface area contributed by atoms with Gasteiger partial charge in [0, 0.05) is 38.9 Å². The van der Waals surface area contributed by atoms with Crippen LogP contribution in [0.4, 0.5) is 0 Å². The third-order valence-corrected chi connectivity index (χ3v) is 4.30. The number of aliphatic hydroxyl groups is 1. The maximum absolute atomic E-state index is 12.6. The van der Waals surface area contributed by atoms with E-state index in [-0.39, 0.29) is 11.8 Å². The molecule has 2 heterocycles. The lowest BCUT2D eigenvalue weighted by Crippen LogP contribution is -2.51. The highest BCUT2D eigenvalue weighted by molar-refractivity contribution is 5.84. The summed E-state index contributed by atoms with van der Waals surface area (Å²) in [6.45, 7) is 6.07. The fourth-order valence-electron chi connectivity index (χ4n) is 2.91. The molecule has 6 nitrogen and oxygen atoms in total. The van der Waals surface area contributed by atoms with Crippen molar-refractivity contribution in [2.24, 2.45) is 5.92 Å². The minimum absolute atomic E-state index is 0.0442. The molecule has 0 spiro atoms. The first kappa shape index (κ1) is 16.0. The normalized spacial score (nSPS) is 19.2. The van der Waals surface area contributed by atoms with Crippen LogP contribution in [-0.4, -0.2) is 51.6 Å². The summed E-state index contributed by atoms with van der Waals surface area (Å²) in [6, 6.07) is 1.90. The van der Waals surface area contributed by atoms with E-state index < -0.39 is 5.60 Å². The Bertz CT molecular complexity index is 478. The largest absolute Gasteiger partial charge is 0.381 e. The van der Waals surface area contributed by atoms with Crippen molar-refractivity contribution in [3.8, 4) is 0 Å². The van der Waals surface area contributed by atoms with Crippen LogP contribution in [0.3, 0.4) is 0 Å². The molecule has 0 aliphatic carbocycles. The minimum atomic E-state index is -1.34. The van der Waals surface area contributed by atoms with Crippen LogP contribution in [0.2, 0.25) is 0 Å². The van der Waals surface area contributed by atoms with Crippen LogP contribution in [0.15, 0.2) is 12.3 Å². The first-order valence-corrected chi connectivity index (χ1v) is 7.53. The summed E-state index contributed by atoms with van der Waals surface area (Å²) in [5.41, 5.74) is -0.369. The standard InChI is InChI=1S/C15H25N3O3/c1-4-18-13(5-8-16-18)11-17(3)14(19)15(2,20)12-6-9-21-10-7-12/h5,8,12,20H,4,6-7,9-11H2,1-3H3/t15-/m0/s1. The van der Waals surface area contributed by atoms with Crippen LogP contribution in [0.25, 0.3) is 0 Å². The fraction of sp³-hybridized carbons (Fsp3) is 0.733. The summed E-state index contributed by atoms with van der Waals surface area (Å²) in [7, 11) is 1.73. The molecule has 1 aliphatic heterocycles. The van der Waals surface area contributed by atoms with Gasteiger partial charge in [-0.15, -0.1) is 0 Å². The van der Waals surface area contributed by atoms with Gasteiger partial charge in [-0.05, 0) is 32.8 Å². The summed E-state index contributed by atoms with van der Waals surface area (Å²) in [5, 5.41) is 14.9. The highest BCUT2D eigenvalue weighted by Gasteiger charge is 2.41. The lowest BCUT2D eigenvalue weighted by molar-refractivity contribution is -0.158. The van der Waals surface area contributed by atoms with Crippen LogP contribution in [0, 0.1) is 5.92 Å². The second-order valence-corrected chi connectivity index (χ2v) is 5.83. The van der Waals surface area contributed by atoms with Crippen molar-refractivity contribution in [1.29, 1.82) is 0 Å². The van der Waals surface area contributed by atoms with E-state index in [1.807, 2.05) is 17.7 Å². The lowest BCUT2D eigenvalue weighted by Gasteiger charge is -2.36. The lowest BCUT2D eigenvalue weighted by atomic mass is 9.82. The van der Waals surface area contributed by atoms with E-state index in [2.05, 4.69) is 5.10 Å². The van der Waals surface area contributed by atoms with Gasteiger partial charge in [-0.2, -0.15) is 5.10 Å². The Kier molecular flexibility index (Phi) is 5.00. The average molecular weight is 295 g/mol. The van der Waals surface area contributed by atoms with Crippen LogP contribution >= 0.6 is 0 Å². The van der Waals surface area contributed by atoms with Gasteiger partial charge in [0.15, 0.2) is 0 Å². The smallest absolute Gasteiger partial charge is 0.254 e. The van der Waals surface area contributed by atoms with Gasteiger partial charge < -0.3 is 14.7 Å². The number of likely N-dealkylation sites (N-methyl/N-ethyl adjacent to an activating group) is 1. The molecule has 1 atom stereocenters. The molecule has 1 aliphatic rings. The Morgan fingerprint density at radius 3 is 2.86 bits per heavy atom. The molecule has 1 saturated heterocycles. The molecule has 1 aromatic heterocycles. The summed E-state index contributed by atoms with van der Waals surface area (Å²) >= 11 is 0. The molecular formula is C15H25N3O3. The third kappa shape index (κ3) is 3.44. The van der Waals surface area contributed by atoms with E-state index >= 15 is 0 Å². The van der Waals surface area contributed by atoms with E-state index in [0.717, 1.165) is 25.1 Å². The Labute approximate surface area is 125 Å². The van der Waals surface area contributed by atoms with E-state index in [4.69, 9.17) is 4.74 Å². The fourth-order valence-corrected chi connectivity index (χ4v) is 2.91. The molecule has 0 bridgehead atoms. The molecule has 1 amide bonds. The Morgan fingerprint density at radius 2 is 2.24 bits per heavy atom. The van der Waals surface area contributed by atoms with Crippen LogP contribution in [0.5, 0.6) is 0 Å². The number of amides is 1. The number of aryl methyl sites for hydroxylation is 1. The van der Waals surface area contributed by atoms with Crippen molar-refractivity contribution in [2.75, 3.05) is 20.3 Å². The van der Waals surface area contributed by atoms with Crippen LogP contribution < -0.4 is 0 Å². The van der Waals surface area contributed by atoms with Crippen molar-refractivity contribution in [3.63, 3.8) is 0 Å². The maximum Gasteiger partial charge on any atom is 0.254 e. The SMILES string of the molecule is CCn1nccc1CN(C)C(=O)[C@@](C)(O)C1CCOCC1. The second-order valence-electron chi connectivity index (χ2n) is 5.83. The topological polar surface area (TPSA) is 67.6 Å². The van der Waals surface area contributed by atoms with Crippen molar-refractivity contribution >= 4 is 5.91 Å². The van der Waals surface area contributed by atoms with Crippen molar-refractivity contribution in [3.05, 3.63) is 18.0 Å². The van der Waals surface area contributed by atoms with Gasteiger partial charge >= 0.3 is 0 Å². The summed E-state index contributed by atoms with van der Waals surface area (Å²) in [6.07, 6.45) is 3.17. The predicted octanol–water partition coefficient (Wildman–Crippen LogP) is 1.04. The van der Waals surface area contributed by atoms with Crippen molar-refractivity contribution in [2.45, 2.75) is 45.4 Å². The Hall–Kier alpha value is -1.40. The van der Waals surface area contributed by atoms with Gasteiger partial charge in [0.05, 0.1) is 12.2 Å². The molecule has 1 fully saturated rings. The molecule has 0 saturated carbocycles. The van der Waals surface area contributed by atoms with E-state index in [0.29, 0.717) is 19.8 Å². The monoisotopic (exact) mass is 295 g/mol. The number of ether oxygens (including phenoxy) is 1. The van der Waals surface area contributed by atoms with Gasteiger partial charge in [0.1, 0.15) is 5.60 Å². The van der Waals surface area contributed by atoms with Gasteiger partial charge in [-0.25, -0.2) is 0 Å². The molecule has 21 heavy (non-hydrogen) atoms. The number of carbonyl (C=O) groups excluding carboxylic acids is 1. The number of hydrogen-bond acceptors (Lipinski definition) is 4. The Morgan fingerprint density at radius 1 is 1.57 bits per heavy atom. The number of rotatable bonds is 5. The van der Waals surface area contributed by atoms with E-state index in [9.17, 15) is 9.90 Å². The molecule has 0 aromatic carbocycles. The summed E-state index contributed by atoms with van der Waals surface area (Å²) in [5.74, 6) is -0.282. The number of nitrogens with zero attached hydrogens (tertiary/aromatic N) is 3. The predicted molar refractivity (Wildman–Crippen MR) is 78.5 cm³/mol. The highest BCUT2D eigenvalue weighted by Crippen LogP contribution is 2.29. The highest BCUT2D eigenvalue weighted by atomic mass is 16.5. The van der Waals surface area contributed by atoms with E-state index in [1.165, 1.54) is 0 Å². The van der Waals surface area contributed by atoms with E-state index in [1.54, 1.807) is 25.1 Å². The first-order valence-electron chi connectivity index (χ1n) is 7.53. The van der Waals surface area contributed by atoms with Gasteiger partial charge in [-0.1, -0.05) is 0 Å². The first-order chi connectivity index (χ1) is 9.96.